The number of carboxylic acid groups (broad SMARTS) is 1. The number of carbonyl (C=O) groups excluding carboxylic acids is 1. The number of aliphatic carboxylic acids is 1. The average molecular weight is 468 g/mol. The molecule has 1 saturated carbocycles. The Morgan fingerprint density at radius 2 is 1.91 bits per heavy atom. The summed E-state index contributed by atoms with van der Waals surface area (Å²) in [6, 6.07) is 7.96. The molecule has 0 aliphatic heterocycles. The number of anilines is 1. The number of hydrogen-bond donors (Lipinski definition) is 4. The maximum Gasteiger partial charge on any atom is 0.490 e. The van der Waals surface area contributed by atoms with E-state index in [1.54, 1.807) is 24.5 Å². The molecule has 2 heterocycles. The second kappa shape index (κ2) is 9.86. The number of pyridine rings is 1. The van der Waals surface area contributed by atoms with Crippen molar-refractivity contribution in [2.45, 2.75) is 31.5 Å². The Hall–Kier alpha value is -3.67. The number of carboxylic acids is 1. The number of carbonyl (C=O) groups is 2. The number of benzene rings is 1. The Morgan fingerprint density at radius 3 is 2.52 bits per heavy atom. The first-order valence-electron chi connectivity index (χ1n) is 9.80. The molecule has 2 aromatic heterocycles. The smallest absolute Gasteiger partial charge is 0.475 e. The van der Waals surface area contributed by atoms with Crippen molar-refractivity contribution < 1.29 is 37.0 Å². The standard InChI is InChI=1S/C19H19FN4O2.C2HF3O2/c20-15-10-13(24-19(25)11-1-2-12(21)9-11)3-4-17(15)26-16-6-8-23-18-14(16)5-7-22-18;3-2(4,5)1(6)7/h3-8,10-12H,1-2,9,21H2,(H,22,23)(H,24,25);(H,6,7). The van der Waals surface area contributed by atoms with Crippen LogP contribution in [0.15, 0.2) is 42.7 Å². The molecule has 5 N–H and O–H groups in total. The number of aromatic amines is 1. The van der Waals surface area contributed by atoms with Crippen LogP contribution in [-0.2, 0) is 9.59 Å². The molecule has 12 heteroatoms. The zero-order valence-corrected chi connectivity index (χ0v) is 17.0. The van der Waals surface area contributed by atoms with Crippen molar-refractivity contribution in [1.82, 2.24) is 9.97 Å². The lowest BCUT2D eigenvalue weighted by Gasteiger charge is -2.12. The van der Waals surface area contributed by atoms with E-state index in [0.29, 0.717) is 23.5 Å². The van der Waals surface area contributed by atoms with Gasteiger partial charge in [-0.1, -0.05) is 0 Å². The molecule has 0 radical (unpaired) electrons. The third-order valence-corrected chi connectivity index (χ3v) is 4.93. The second-order valence-corrected chi connectivity index (χ2v) is 7.36. The molecular weight excluding hydrogens is 448 g/mol. The molecule has 1 fully saturated rings. The van der Waals surface area contributed by atoms with Crippen LogP contribution in [0.2, 0.25) is 0 Å². The highest BCUT2D eigenvalue weighted by Crippen LogP contribution is 2.31. The fraction of sp³-hybridized carbons (Fsp3) is 0.286. The maximum absolute atomic E-state index is 14.4. The van der Waals surface area contributed by atoms with E-state index >= 15 is 0 Å². The first-order chi connectivity index (χ1) is 15.5. The summed E-state index contributed by atoms with van der Waals surface area (Å²) in [5, 5.41) is 10.6. The Balaban J connectivity index is 0.000000383. The Labute approximate surface area is 184 Å². The quantitative estimate of drug-likeness (QED) is 0.425. The number of H-pyrrole nitrogens is 1. The molecule has 0 bridgehead atoms. The first-order valence-corrected chi connectivity index (χ1v) is 9.80. The molecule has 1 aliphatic rings. The molecule has 1 aliphatic carbocycles. The molecule has 0 spiro atoms. The van der Waals surface area contributed by atoms with Crippen molar-refractivity contribution >= 4 is 28.6 Å². The van der Waals surface area contributed by atoms with Crippen LogP contribution in [0.5, 0.6) is 11.5 Å². The Kier molecular flexibility index (Phi) is 7.16. The van der Waals surface area contributed by atoms with E-state index < -0.39 is 18.0 Å². The zero-order chi connectivity index (χ0) is 24.2. The summed E-state index contributed by atoms with van der Waals surface area (Å²) in [5.74, 6) is -2.94. The minimum absolute atomic E-state index is 0.0730. The molecule has 1 amide bonds. The molecule has 4 rings (SSSR count). The van der Waals surface area contributed by atoms with Crippen LogP contribution in [0, 0.1) is 11.7 Å². The summed E-state index contributed by atoms with van der Waals surface area (Å²) in [6.45, 7) is 0. The van der Waals surface area contributed by atoms with Crippen molar-refractivity contribution in [2.24, 2.45) is 11.7 Å². The summed E-state index contributed by atoms with van der Waals surface area (Å²) in [5.41, 5.74) is 6.91. The van der Waals surface area contributed by atoms with Crippen LogP contribution in [0.4, 0.5) is 23.2 Å². The lowest BCUT2D eigenvalue weighted by atomic mass is 10.1. The van der Waals surface area contributed by atoms with Crippen molar-refractivity contribution in [3.63, 3.8) is 0 Å². The third-order valence-electron chi connectivity index (χ3n) is 4.93. The van der Waals surface area contributed by atoms with Crippen molar-refractivity contribution in [3.05, 3.63) is 48.5 Å². The van der Waals surface area contributed by atoms with E-state index in [2.05, 4.69) is 15.3 Å². The zero-order valence-electron chi connectivity index (χ0n) is 17.0. The van der Waals surface area contributed by atoms with Gasteiger partial charge in [-0.25, -0.2) is 14.2 Å². The minimum atomic E-state index is -5.08. The van der Waals surface area contributed by atoms with Gasteiger partial charge in [0.1, 0.15) is 11.4 Å². The number of alkyl halides is 3. The van der Waals surface area contributed by atoms with E-state index in [1.807, 2.05) is 6.07 Å². The number of amides is 1. The first kappa shape index (κ1) is 24.0. The van der Waals surface area contributed by atoms with Gasteiger partial charge in [-0.2, -0.15) is 13.2 Å². The molecule has 1 aromatic carbocycles. The lowest BCUT2D eigenvalue weighted by molar-refractivity contribution is -0.192. The Morgan fingerprint density at radius 1 is 1.18 bits per heavy atom. The van der Waals surface area contributed by atoms with Gasteiger partial charge < -0.3 is 25.9 Å². The third kappa shape index (κ3) is 6.19. The average Bonchev–Trinajstić information content (AvgIpc) is 3.39. The second-order valence-electron chi connectivity index (χ2n) is 7.36. The molecule has 2 unspecified atom stereocenters. The molecule has 3 aromatic rings. The molecule has 2 atom stereocenters. The summed E-state index contributed by atoms with van der Waals surface area (Å²) in [4.78, 5) is 28.3. The van der Waals surface area contributed by atoms with Crippen molar-refractivity contribution in [3.8, 4) is 11.5 Å². The van der Waals surface area contributed by atoms with Crippen LogP contribution in [0.1, 0.15) is 19.3 Å². The van der Waals surface area contributed by atoms with E-state index in [-0.39, 0.29) is 23.6 Å². The minimum Gasteiger partial charge on any atom is -0.475 e. The number of nitrogens with one attached hydrogen (secondary N) is 2. The van der Waals surface area contributed by atoms with Crippen LogP contribution < -0.4 is 15.8 Å². The number of ether oxygens (including phenoxy) is 1. The number of halogens is 4. The van der Waals surface area contributed by atoms with E-state index in [0.717, 1.165) is 18.2 Å². The number of aromatic nitrogens is 2. The van der Waals surface area contributed by atoms with E-state index in [1.165, 1.54) is 12.1 Å². The van der Waals surface area contributed by atoms with Gasteiger partial charge in [0.2, 0.25) is 5.91 Å². The summed E-state index contributed by atoms with van der Waals surface area (Å²) >= 11 is 0. The Bertz CT molecular complexity index is 1150. The van der Waals surface area contributed by atoms with Gasteiger partial charge in [-0.3, -0.25) is 4.79 Å². The van der Waals surface area contributed by atoms with Gasteiger partial charge in [-0.15, -0.1) is 0 Å². The molecule has 8 nitrogen and oxygen atoms in total. The summed E-state index contributed by atoms with van der Waals surface area (Å²) in [7, 11) is 0. The largest absolute Gasteiger partial charge is 0.490 e. The molecule has 33 heavy (non-hydrogen) atoms. The summed E-state index contributed by atoms with van der Waals surface area (Å²) in [6.07, 6.45) is 0.537. The highest BCUT2D eigenvalue weighted by Gasteiger charge is 2.38. The molecule has 176 valence electrons. The molecule has 0 saturated heterocycles. The normalized spacial score (nSPS) is 17.8. The predicted octanol–water partition coefficient (Wildman–Crippen LogP) is 4.19. The van der Waals surface area contributed by atoms with Crippen LogP contribution in [0.25, 0.3) is 11.0 Å². The van der Waals surface area contributed by atoms with Crippen LogP contribution in [-0.4, -0.2) is 39.2 Å². The topological polar surface area (TPSA) is 130 Å². The van der Waals surface area contributed by atoms with Crippen LogP contribution >= 0.6 is 0 Å². The predicted molar refractivity (Wildman–Crippen MR) is 110 cm³/mol. The highest BCUT2D eigenvalue weighted by atomic mass is 19.4. The van der Waals surface area contributed by atoms with Gasteiger partial charge in [0.15, 0.2) is 11.6 Å². The van der Waals surface area contributed by atoms with Gasteiger partial charge >= 0.3 is 12.1 Å². The van der Waals surface area contributed by atoms with Crippen molar-refractivity contribution in [2.75, 3.05) is 5.32 Å². The number of nitrogens with two attached hydrogens (primary N) is 1. The molecular formula is C21H20F4N4O4. The fourth-order valence-corrected chi connectivity index (χ4v) is 3.30. The van der Waals surface area contributed by atoms with Gasteiger partial charge in [-0.05, 0) is 43.5 Å². The highest BCUT2D eigenvalue weighted by molar-refractivity contribution is 5.92. The van der Waals surface area contributed by atoms with Crippen molar-refractivity contribution in [1.29, 1.82) is 0 Å². The van der Waals surface area contributed by atoms with Crippen LogP contribution in [0.3, 0.4) is 0 Å². The monoisotopic (exact) mass is 468 g/mol. The summed E-state index contributed by atoms with van der Waals surface area (Å²) < 4.78 is 51.9. The maximum atomic E-state index is 14.4. The van der Waals surface area contributed by atoms with Gasteiger partial charge in [0.05, 0.1) is 5.39 Å². The number of fused-ring (bicyclic) bond motifs is 1. The fourth-order valence-electron chi connectivity index (χ4n) is 3.30. The number of nitrogens with zero attached hydrogens (tertiary/aromatic N) is 1. The lowest BCUT2D eigenvalue weighted by Crippen LogP contribution is -2.23. The number of rotatable bonds is 4. The van der Waals surface area contributed by atoms with Gasteiger partial charge in [0.25, 0.3) is 0 Å². The van der Waals surface area contributed by atoms with E-state index in [4.69, 9.17) is 20.4 Å². The number of hydrogen-bond acceptors (Lipinski definition) is 5. The SMILES string of the molecule is NC1CCC(C(=O)Nc2ccc(Oc3ccnc4[nH]ccc34)c(F)c2)C1.O=C(O)C(F)(F)F. The van der Waals surface area contributed by atoms with E-state index in [9.17, 15) is 22.4 Å². The van der Waals surface area contributed by atoms with Gasteiger partial charge in [0, 0.05) is 36.1 Å².